The predicted molar refractivity (Wildman–Crippen MR) is 23.4 cm³/mol. The van der Waals surface area contributed by atoms with Crippen LogP contribution < -0.4 is 5.73 Å². The molecule has 1 fully saturated rings. The number of rotatable bonds is 1. The molecule has 2 nitrogen and oxygen atoms in total. The molecule has 2 N–H and O–H groups in total. The van der Waals surface area contributed by atoms with Crippen molar-refractivity contribution < 1.29 is 4.74 Å². The highest BCUT2D eigenvalue weighted by Crippen LogP contribution is 2.22. The van der Waals surface area contributed by atoms with E-state index < -0.39 is 0 Å². The van der Waals surface area contributed by atoms with Crippen LogP contribution in [-0.2, 0) is 4.74 Å². The summed E-state index contributed by atoms with van der Waals surface area (Å²) in [7, 11) is 0. The summed E-state index contributed by atoms with van der Waals surface area (Å²) in [6.45, 7) is 3.52. The van der Waals surface area contributed by atoms with Gasteiger partial charge in [0.15, 0.2) is 0 Å². The van der Waals surface area contributed by atoms with Gasteiger partial charge in [0.2, 0.25) is 0 Å². The molecule has 0 aliphatic carbocycles. The first-order valence-corrected chi connectivity index (χ1v) is 2.11. The van der Waals surface area contributed by atoms with Crippen molar-refractivity contribution in [3.8, 4) is 0 Å². The Kier molecular flexibility index (Phi) is 0.648. The Morgan fingerprint density at radius 2 is 2.50 bits per heavy atom. The average Bonchev–Trinajstić information content (AvgIpc) is 2.22. The predicted octanol–water partition coefficient (Wildman–Crippen LogP) is -0.266. The third kappa shape index (κ3) is 0.533. The fourth-order valence-electron chi connectivity index (χ4n) is 0.241. The minimum atomic E-state index is 0.0694. The molecule has 0 amide bonds. The maximum absolute atomic E-state index is 5.24. The molecule has 0 aromatic rings. The summed E-state index contributed by atoms with van der Waals surface area (Å²) in [6.07, 6.45) is 0. The number of epoxide rings is 1. The van der Waals surface area contributed by atoms with Crippen molar-refractivity contribution >= 4 is 0 Å². The van der Waals surface area contributed by atoms with Gasteiger partial charge >= 0.3 is 0 Å². The largest absolute Gasteiger partial charge is 0.369 e. The lowest BCUT2D eigenvalue weighted by Crippen LogP contribution is -2.18. The molecule has 1 heterocycles. The van der Waals surface area contributed by atoms with Gasteiger partial charge in [-0.1, -0.05) is 0 Å². The summed E-state index contributed by atoms with van der Waals surface area (Å²) < 4.78 is 4.92. The maximum atomic E-state index is 5.24. The van der Waals surface area contributed by atoms with Gasteiger partial charge in [-0.3, -0.25) is 0 Å². The number of ether oxygens (including phenoxy) is 1. The Morgan fingerprint density at radius 1 is 2.00 bits per heavy atom. The van der Waals surface area contributed by atoms with Crippen LogP contribution in [0.15, 0.2) is 0 Å². The fraction of sp³-hybridized carbons (Fsp3) is 1.00. The van der Waals surface area contributed by atoms with Crippen LogP contribution >= 0.6 is 0 Å². The third-order valence-corrected chi connectivity index (χ3v) is 1.07. The summed E-state index contributed by atoms with van der Waals surface area (Å²) in [5.74, 6) is 0. The summed E-state index contributed by atoms with van der Waals surface area (Å²) in [5, 5.41) is 0. The van der Waals surface area contributed by atoms with Gasteiger partial charge in [0, 0.05) is 6.54 Å². The third-order valence-electron chi connectivity index (χ3n) is 1.07. The van der Waals surface area contributed by atoms with Crippen LogP contribution in [-0.4, -0.2) is 18.8 Å². The van der Waals surface area contributed by atoms with Crippen molar-refractivity contribution in [3.63, 3.8) is 0 Å². The van der Waals surface area contributed by atoms with Crippen molar-refractivity contribution in [2.24, 2.45) is 5.73 Å². The molecule has 6 heavy (non-hydrogen) atoms. The smallest absolute Gasteiger partial charge is 0.101 e. The Labute approximate surface area is 37.3 Å². The lowest BCUT2D eigenvalue weighted by Gasteiger charge is -1.92. The zero-order valence-electron chi connectivity index (χ0n) is 3.90. The van der Waals surface area contributed by atoms with Gasteiger partial charge in [-0.2, -0.15) is 0 Å². The molecule has 0 bridgehead atoms. The topological polar surface area (TPSA) is 38.5 Å². The number of hydrogen-bond donors (Lipinski definition) is 1. The molecule has 1 rings (SSSR count). The van der Waals surface area contributed by atoms with Crippen LogP contribution in [0.5, 0.6) is 0 Å². The lowest BCUT2D eigenvalue weighted by atomic mass is 10.2. The first-order chi connectivity index (χ1) is 2.77. The van der Waals surface area contributed by atoms with Crippen LogP contribution in [0.2, 0.25) is 0 Å². The summed E-state index contributed by atoms with van der Waals surface area (Å²) in [6, 6.07) is 0. The van der Waals surface area contributed by atoms with Gasteiger partial charge in [0.05, 0.1) is 6.61 Å². The van der Waals surface area contributed by atoms with Crippen molar-refractivity contribution in [1.82, 2.24) is 0 Å². The zero-order chi connectivity index (χ0) is 4.62. The summed E-state index contributed by atoms with van der Waals surface area (Å²) in [5.41, 5.74) is 5.31. The molecular formula is C4H9NO. The van der Waals surface area contributed by atoms with E-state index >= 15 is 0 Å². The quantitative estimate of drug-likeness (QED) is 0.447. The molecule has 0 saturated carbocycles. The van der Waals surface area contributed by atoms with Crippen molar-refractivity contribution in [3.05, 3.63) is 0 Å². The van der Waals surface area contributed by atoms with E-state index in [-0.39, 0.29) is 5.60 Å². The van der Waals surface area contributed by atoms with Crippen LogP contribution in [0.25, 0.3) is 0 Å². The number of nitrogens with two attached hydrogens (primary N) is 1. The van der Waals surface area contributed by atoms with Gasteiger partial charge in [0.25, 0.3) is 0 Å². The Bertz CT molecular complexity index is 58.6. The molecule has 0 unspecified atom stereocenters. The highest BCUT2D eigenvalue weighted by Gasteiger charge is 2.37. The first-order valence-electron chi connectivity index (χ1n) is 2.11. The molecule has 0 aromatic heterocycles. The number of hydrogen-bond acceptors (Lipinski definition) is 2. The van der Waals surface area contributed by atoms with E-state index in [0.29, 0.717) is 6.54 Å². The molecule has 0 aromatic carbocycles. The van der Waals surface area contributed by atoms with E-state index in [9.17, 15) is 0 Å². The molecule has 1 aliphatic heterocycles. The standard InChI is InChI=1S/C4H9NO/c1-4(2-5)3-6-4/h2-3,5H2,1H3/t4-/m0/s1. The van der Waals surface area contributed by atoms with Gasteiger partial charge < -0.3 is 10.5 Å². The molecule has 1 saturated heterocycles. The van der Waals surface area contributed by atoms with E-state index in [2.05, 4.69) is 0 Å². The average molecular weight is 87.1 g/mol. The van der Waals surface area contributed by atoms with Gasteiger partial charge in [0.1, 0.15) is 5.60 Å². The highest BCUT2D eigenvalue weighted by atomic mass is 16.6. The van der Waals surface area contributed by atoms with Crippen LogP contribution in [0.3, 0.4) is 0 Å². The van der Waals surface area contributed by atoms with Crippen LogP contribution in [0.4, 0.5) is 0 Å². The van der Waals surface area contributed by atoms with Crippen molar-refractivity contribution in [1.29, 1.82) is 0 Å². The van der Waals surface area contributed by atoms with Crippen LogP contribution in [0, 0.1) is 0 Å². The Morgan fingerprint density at radius 3 is 2.50 bits per heavy atom. The van der Waals surface area contributed by atoms with Crippen molar-refractivity contribution in [2.45, 2.75) is 12.5 Å². The Balaban J connectivity index is 2.28. The minimum absolute atomic E-state index is 0.0694. The first kappa shape index (κ1) is 4.09. The summed E-state index contributed by atoms with van der Waals surface area (Å²) in [4.78, 5) is 0. The zero-order valence-corrected chi connectivity index (χ0v) is 3.90. The van der Waals surface area contributed by atoms with E-state index in [0.717, 1.165) is 6.61 Å². The normalized spacial score (nSPS) is 43.0. The van der Waals surface area contributed by atoms with Gasteiger partial charge in [-0.15, -0.1) is 0 Å². The highest BCUT2D eigenvalue weighted by molar-refractivity contribution is 4.87. The van der Waals surface area contributed by atoms with E-state index in [1.807, 2.05) is 6.92 Å². The molecule has 1 atom stereocenters. The molecular weight excluding hydrogens is 78.0 g/mol. The summed E-state index contributed by atoms with van der Waals surface area (Å²) >= 11 is 0. The van der Waals surface area contributed by atoms with E-state index in [4.69, 9.17) is 10.5 Å². The molecule has 2 heteroatoms. The molecule has 1 aliphatic rings. The lowest BCUT2D eigenvalue weighted by molar-refractivity contribution is 0.330. The second-order valence-corrected chi connectivity index (χ2v) is 1.94. The van der Waals surface area contributed by atoms with Crippen molar-refractivity contribution in [2.75, 3.05) is 13.2 Å². The van der Waals surface area contributed by atoms with E-state index in [1.165, 1.54) is 0 Å². The SMILES string of the molecule is C[C@]1(CN)CO1. The molecule has 0 spiro atoms. The monoisotopic (exact) mass is 87.1 g/mol. The van der Waals surface area contributed by atoms with Gasteiger partial charge in [-0.05, 0) is 6.92 Å². The molecule has 0 radical (unpaired) electrons. The minimum Gasteiger partial charge on any atom is -0.369 e. The second kappa shape index (κ2) is 0.950. The van der Waals surface area contributed by atoms with E-state index in [1.54, 1.807) is 0 Å². The second-order valence-electron chi connectivity index (χ2n) is 1.94. The van der Waals surface area contributed by atoms with Crippen LogP contribution in [0.1, 0.15) is 6.92 Å². The van der Waals surface area contributed by atoms with Gasteiger partial charge in [-0.25, -0.2) is 0 Å². The molecule has 36 valence electrons. The maximum Gasteiger partial charge on any atom is 0.101 e. The Hall–Kier alpha value is -0.0800. The fourth-order valence-corrected chi connectivity index (χ4v) is 0.241.